The van der Waals surface area contributed by atoms with Gasteiger partial charge in [-0.3, -0.25) is 9.29 Å². The summed E-state index contributed by atoms with van der Waals surface area (Å²) in [5.74, 6) is -0.556. The number of sulfonamides is 1. The predicted molar refractivity (Wildman–Crippen MR) is 105 cm³/mol. The summed E-state index contributed by atoms with van der Waals surface area (Å²) in [5, 5.41) is 2.59. The molecule has 2 heterocycles. The van der Waals surface area contributed by atoms with Crippen molar-refractivity contribution in [3.8, 4) is 11.3 Å². The number of aryl methyl sites for hydroxylation is 1. The lowest BCUT2D eigenvalue weighted by atomic mass is 10.2. The number of rotatable bonds is 4. The average Bonchev–Trinajstić information content (AvgIpc) is 3.20. The highest BCUT2D eigenvalue weighted by molar-refractivity contribution is 7.93. The van der Waals surface area contributed by atoms with E-state index in [1.165, 1.54) is 34.1 Å². The Morgan fingerprint density at radius 1 is 1.19 bits per heavy atom. The number of hydrogen-bond donors (Lipinski definition) is 1. The topological polar surface area (TPSA) is 94.2 Å². The lowest BCUT2D eigenvalue weighted by Gasteiger charge is -2.05. The molecule has 0 unspecified atom stereocenters. The van der Waals surface area contributed by atoms with E-state index >= 15 is 0 Å². The number of fused-ring (bicyclic) bond motifs is 1. The number of nitrogens with zero attached hydrogens (tertiary/aromatic N) is 2. The lowest BCUT2D eigenvalue weighted by molar-refractivity contribution is 0.527. The van der Waals surface area contributed by atoms with Crippen LogP contribution in [0.3, 0.4) is 0 Å². The van der Waals surface area contributed by atoms with Gasteiger partial charge in [0.05, 0.1) is 16.1 Å². The van der Waals surface area contributed by atoms with Gasteiger partial charge in [0.15, 0.2) is 10.7 Å². The molecule has 4 aromatic rings. The van der Waals surface area contributed by atoms with E-state index in [0.29, 0.717) is 16.2 Å². The predicted octanol–water partition coefficient (Wildman–Crippen LogP) is 3.71. The smallest absolute Gasteiger partial charge is 0.408 e. The van der Waals surface area contributed by atoms with Gasteiger partial charge in [-0.25, -0.2) is 18.2 Å². The molecule has 2 aromatic carbocycles. The first-order chi connectivity index (χ1) is 12.8. The summed E-state index contributed by atoms with van der Waals surface area (Å²) in [5.41, 5.74) is 2.18. The van der Waals surface area contributed by atoms with Crippen LogP contribution in [0.4, 0.5) is 5.13 Å². The van der Waals surface area contributed by atoms with Crippen LogP contribution >= 0.6 is 22.9 Å². The third kappa shape index (κ3) is 3.36. The number of hydrogen-bond acceptors (Lipinski definition) is 6. The number of aromatic nitrogens is 2. The highest BCUT2D eigenvalue weighted by atomic mass is 35.5. The molecule has 2 aromatic heterocycles. The molecule has 7 nitrogen and oxygen atoms in total. The Kier molecular flexibility index (Phi) is 4.29. The zero-order valence-electron chi connectivity index (χ0n) is 13.8. The molecule has 4 rings (SSSR count). The lowest BCUT2D eigenvalue weighted by Crippen LogP contribution is -2.12. The Morgan fingerprint density at radius 3 is 2.67 bits per heavy atom. The number of halogens is 1. The molecular formula is C17H12ClN3O4S2. The molecule has 0 bridgehead atoms. The molecule has 10 heteroatoms. The van der Waals surface area contributed by atoms with Crippen molar-refractivity contribution >= 4 is 49.2 Å². The van der Waals surface area contributed by atoms with E-state index in [1.807, 2.05) is 0 Å². The van der Waals surface area contributed by atoms with E-state index in [-0.39, 0.29) is 15.6 Å². The van der Waals surface area contributed by atoms with Crippen molar-refractivity contribution in [2.24, 2.45) is 7.05 Å². The van der Waals surface area contributed by atoms with Crippen molar-refractivity contribution in [1.82, 2.24) is 9.55 Å². The summed E-state index contributed by atoms with van der Waals surface area (Å²) in [6.07, 6.45) is 0. The summed E-state index contributed by atoms with van der Waals surface area (Å²) in [6, 6.07) is 11.3. The maximum atomic E-state index is 12.6. The fourth-order valence-electron chi connectivity index (χ4n) is 2.53. The van der Waals surface area contributed by atoms with Gasteiger partial charge in [0.2, 0.25) is 0 Å². The minimum atomic E-state index is -3.88. The van der Waals surface area contributed by atoms with Crippen molar-refractivity contribution in [2.45, 2.75) is 4.90 Å². The van der Waals surface area contributed by atoms with Gasteiger partial charge in [-0.05, 0) is 24.3 Å². The Bertz CT molecular complexity index is 1300. The summed E-state index contributed by atoms with van der Waals surface area (Å²) < 4.78 is 34.1. The van der Waals surface area contributed by atoms with E-state index in [2.05, 4.69) is 9.71 Å². The van der Waals surface area contributed by atoms with Crippen LogP contribution in [0.1, 0.15) is 0 Å². The molecule has 138 valence electrons. The van der Waals surface area contributed by atoms with E-state index in [1.54, 1.807) is 36.7 Å². The first kappa shape index (κ1) is 17.8. The van der Waals surface area contributed by atoms with Gasteiger partial charge in [-0.1, -0.05) is 23.7 Å². The second-order valence-electron chi connectivity index (χ2n) is 5.71. The Hall–Kier alpha value is -2.62. The Balaban J connectivity index is 1.64. The molecule has 0 saturated heterocycles. The second-order valence-corrected chi connectivity index (χ2v) is 8.68. The zero-order chi connectivity index (χ0) is 19.2. The molecular weight excluding hydrogens is 410 g/mol. The van der Waals surface area contributed by atoms with Crippen LogP contribution in [0.2, 0.25) is 5.02 Å². The van der Waals surface area contributed by atoms with Crippen LogP contribution in [-0.4, -0.2) is 18.0 Å². The van der Waals surface area contributed by atoms with Crippen molar-refractivity contribution in [2.75, 3.05) is 4.72 Å². The average molecular weight is 422 g/mol. The van der Waals surface area contributed by atoms with Gasteiger partial charge in [0.1, 0.15) is 0 Å². The third-order valence-corrected chi connectivity index (χ3v) is 6.42. The van der Waals surface area contributed by atoms with E-state index in [9.17, 15) is 13.2 Å². The molecule has 0 atom stereocenters. The Morgan fingerprint density at radius 2 is 1.93 bits per heavy atom. The van der Waals surface area contributed by atoms with Crippen molar-refractivity contribution in [1.29, 1.82) is 0 Å². The van der Waals surface area contributed by atoms with Gasteiger partial charge >= 0.3 is 5.76 Å². The first-order valence-electron chi connectivity index (χ1n) is 7.67. The monoisotopic (exact) mass is 421 g/mol. The molecule has 0 aliphatic heterocycles. The van der Waals surface area contributed by atoms with Gasteiger partial charge < -0.3 is 4.42 Å². The highest BCUT2D eigenvalue weighted by Crippen LogP contribution is 2.28. The fraction of sp³-hybridized carbons (Fsp3) is 0.0588. The van der Waals surface area contributed by atoms with Gasteiger partial charge in [0, 0.05) is 29.1 Å². The molecule has 0 saturated carbocycles. The maximum Gasteiger partial charge on any atom is 0.419 e. The number of benzene rings is 2. The molecule has 0 amide bonds. The van der Waals surface area contributed by atoms with Crippen LogP contribution in [-0.2, 0) is 17.1 Å². The molecule has 27 heavy (non-hydrogen) atoms. The second kappa shape index (κ2) is 6.52. The maximum absolute atomic E-state index is 12.6. The zero-order valence-corrected chi connectivity index (χ0v) is 16.2. The van der Waals surface area contributed by atoms with E-state index in [4.69, 9.17) is 16.0 Å². The van der Waals surface area contributed by atoms with Gasteiger partial charge in [-0.15, -0.1) is 11.3 Å². The Labute approximate surface area is 162 Å². The van der Waals surface area contributed by atoms with Crippen LogP contribution in [0.25, 0.3) is 22.4 Å². The molecule has 0 fully saturated rings. The number of thiazole rings is 1. The number of anilines is 1. The molecule has 0 spiro atoms. The molecule has 1 N–H and O–H groups in total. The molecule has 0 aliphatic carbocycles. The summed E-state index contributed by atoms with van der Waals surface area (Å²) in [4.78, 5) is 15.9. The normalized spacial score (nSPS) is 11.8. The first-order valence-corrected chi connectivity index (χ1v) is 10.4. The van der Waals surface area contributed by atoms with Crippen molar-refractivity contribution < 1.29 is 12.8 Å². The SMILES string of the molecule is Cn1c(=O)oc2cc(S(=O)(=O)Nc3nc(-c4ccc(Cl)cc4)cs3)ccc21. The van der Waals surface area contributed by atoms with Crippen LogP contribution in [0, 0.1) is 0 Å². The van der Waals surface area contributed by atoms with E-state index < -0.39 is 15.8 Å². The molecule has 0 aliphatic rings. The third-order valence-electron chi connectivity index (χ3n) is 3.94. The van der Waals surface area contributed by atoms with Gasteiger partial charge in [0.25, 0.3) is 10.0 Å². The number of oxazole rings is 1. The number of nitrogens with one attached hydrogen (secondary N) is 1. The summed E-state index contributed by atoms with van der Waals surface area (Å²) in [7, 11) is -2.33. The van der Waals surface area contributed by atoms with Crippen LogP contribution < -0.4 is 10.5 Å². The highest BCUT2D eigenvalue weighted by Gasteiger charge is 2.19. The quantitative estimate of drug-likeness (QED) is 0.542. The van der Waals surface area contributed by atoms with Crippen LogP contribution in [0.15, 0.2) is 62.0 Å². The van der Waals surface area contributed by atoms with Crippen LogP contribution in [0.5, 0.6) is 0 Å². The largest absolute Gasteiger partial charge is 0.419 e. The minimum absolute atomic E-state index is 0.0207. The van der Waals surface area contributed by atoms with Crippen molar-refractivity contribution in [3.63, 3.8) is 0 Å². The summed E-state index contributed by atoms with van der Waals surface area (Å²) >= 11 is 7.04. The minimum Gasteiger partial charge on any atom is -0.408 e. The van der Waals surface area contributed by atoms with Crippen molar-refractivity contribution in [3.05, 3.63) is 63.4 Å². The standard InChI is InChI=1S/C17H12ClN3O4S2/c1-21-14-7-6-12(8-15(14)25-17(21)22)27(23,24)20-16-19-13(9-26-16)10-2-4-11(18)5-3-10/h2-9H,1H3,(H,19,20). The summed E-state index contributed by atoms with van der Waals surface area (Å²) in [6.45, 7) is 0. The molecule has 0 radical (unpaired) electrons. The van der Waals surface area contributed by atoms with Gasteiger partial charge in [-0.2, -0.15) is 0 Å². The van der Waals surface area contributed by atoms with E-state index in [0.717, 1.165) is 5.56 Å². The fourth-order valence-corrected chi connectivity index (χ4v) is 4.64.